The zero-order valence-electron chi connectivity index (χ0n) is 16.2. The number of nitrogens with zero attached hydrogens (tertiary/aromatic N) is 4. The topological polar surface area (TPSA) is 72.7 Å². The second-order valence-corrected chi connectivity index (χ2v) is 8.71. The number of amides is 1. The van der Waals surface area contributed by atoms with Crippen LogP contribution < -0.4 is 5.32 Å². The maximum absolute atomic E-state index is 12.7. The number of aryl methyl sites for hydroxylation is 1. The van der Waals surface area contributed by atoms with Gasteiger partial charge in [0.05, 0.1) is 21.4 Å². The first kappa shape index (κ1) is 20.5. The van der Waals surface area contributed by atoms with Crippen LogP contribution in [0.25, 0.3) is 5.69 Å². The van der Waals surface area contributed by atoms with E-state index in [9.17, 15) is 4.79 Å². The second kappa shape index (κ2) is 8.55. The van der Waals surface area contributed by atoms with Gasteiger partial charge < -0.3 is 0 Å². The molecule has 30 heavy (non-hydrogen) atoms. The lowest BCUT2D eigenvalue weighted by Crippen LogP contribution is -2.14. The van der Waals surface area contributed by atoms with Crippen LogP contribution in [0.4, 0.5) is 5.13 Å². The molecule has 0 bridgehead atoms. The standard InChI is InChI=1S/C21H17Cl2N5OS/c1-12-3-6-15(7-4-12)28-13(2)19(26-27-28)20(29)25-21-24-11-16(30-21)9-14-5-8-17(22)18(23)10-14/h3-8,10-11H,9H2,1-2H3,(H,24,25,29). The summed E-state index contributed by atoms with van der Waals surface area (Å²) in [6.07, 6.45) is 2.38. The van der Waals surface area contributed by atoms with Crippen LogP contribution in [0.2, 0.25) is 10.0 Å². The van der Waals surface area contributed by atoms with E-state index >= 15 is 0 Å². The summed E-state index contributed by atoms with van der Waals surface area (Å²) in [5.41, 5.74) is 3.93. The maximum Gasteiger partial charge on any atom is 0.279 e. The number of benzene rings is 2. The van der Waals surface area contributed by atoms with Crippen LogP contribution >= 0.6 is 34.5 Å². The number of carbonyl (C=O) groups is 1. The zero-order valence-corrected chi connectivity index (χ0v) is 18.5. The third-order valence-electron chi connectivity index (χ3n) is 4.52. The van der Waals surface area contributed by atoms with Gasteiger partial charge in [0.1, 0.15) is 0 Å². The molecule has 0 spiro atoms. The molecule has 1 amide bonds. The maximum atomic E-state index is 12.7. The van der Waals surface area contributed by atoms with E-state index in [2.05, 4.69) is 20.6 Å². The van der Waals surface area contributed by atoms with Gasteiger partial charge in [0.15, 0.2) is 10.8 Å². The average molecular weight is 458 g/mol. The van der Waals surface area contributed by atoms with Crippen LogP contribution in [-0.2, 0) is 6.42 Å². The molecule has 6 nitrogen and oxygen atoms in total. The first-order chi connectivity index (χ1) is 14.4. The molecule has 2 aromatic heterocycles. The molecule has 0 radical (unpaired) electrons. The van der Waals surface area contributed by atoms with Gasteiger partial charge in [-0.1, -0.05) is 52.2 Å². The van der Waals surface area contributed by atoms with E-state index < -0.39 is 0 Å². The molecule has 2 aromatic carbocycles. The lowest BCUT2D eigenvalue weighted by Gasteiger charge is -2.04. The fourth-order valence-electron chi connectivity index (χ4n) is 2.92. The summed E-state index contributed by atoms with van der Waals surface area (Å²) in [5.74, 6) is -0.346. The molecular weight excluding hydrogens is 441 g/mol. The fourth-order valence-corrected chi connectivity index (χ4v) is 4.09. The van der Waals surface area contributed by atoms with Gasteiger partial charge in [-0.3, -0.25) is 10.1 Å². The van der Waals surface area contributed by atoms with Gasteiger partial charge in [0.2, 0.25) is 0 Å². The van der Waals surface area contributed by atoms with Crippen LogP contribution in [0.5, 0.6) is 0 Å². The number of carbonyl (C=O) groups excluding carboxylic acids is 1. The highest BCUT2D eigenvalue weighted by atomic mass is 35.5. The molecule has 0 aliphatic heterocycles. The van der Waals surface area contributed by atoms with E-state index in [-0.39, 0.29) is 11.6 Å². The quantitative estimate of drug-likeness (QED) is 0.429. The number of hydrogen-bond acceptors (Lipinski definition) is 5. The first-order valence-electron chi connectivity index (χ1n) is 9.10. The highest BCUT2D eigenvalue weighted by Gasteiger charge is 2.18. The van der Waals surface area contributed by atoms with Gasteiger partial charge in [-0.25, -0.2) is 9.67 Å². The minimum absolute atomic E-state index is 0.261. The SMILES string of the molecule is Cc1ccc(-n2nnc(C(=O)Nc3ncc(Cc4ccc(Cl)c(Cl)c4)s3)c2C)cc1. The summed E-state index contributed by atoms with van der Waals surface area (Å²) in [6.45, 7) is 3.83. The number of aromatic nitrogens is 4. The Bertz CT molecular complexity index is 1220. The minimum Gasteiger partial charge on any atom is -0.296 e. The number of nitrogens with one attached hydrogen (secondary N) is 1. The van der Waals surface area contributed by atoms with E-state index in [4.69, 9.17) is 23.2 Å². The molecule has 4 rings (SSSR count). The average Bonchev–Trinajstić information content (AvgIpc) is 3.32. The van der Waals surface area contributed by atoms with Gasteiger partial charge in [-0.15, -0.1) is 16.4 Å². The van der Waals surface area contributed by atoms with Gasteiger partial charge in [-0.05, 0) is 43.7 Å². The third kappa shape index (κ3) is 4.38. The van der Waals surface area contributed by atoms with Crippen molar-refractivity contribution in [3.8, 4) is 5.69 Å². The van der Waals surface area contributed by atoms with E-state index in [1.165, 1.54) is 11.3 Å². The zero-order chi connectivity index (χ0) is 21.3. The number of hydrogen-bond donors (Lipinski definition) is 1. The second-order valence-electron chi connectivity index (χ2n) is 6.78. The Balaban J connectivity index is 1.47. The highest BCUT2D eigenvalue weighted by Crippen LogP contribution is 2.26. The summed E-state index contributed by atoms with van der Waals surface area (Å²) in [5, 5.41) is 12.5. The van der Waals surface area contributed by atoms with Crippen molar-refractivity contribution in [2.45, 2.75) is 20.3 Å². The predicted molar refractivity (Wildman–Crippen MR) is 120 cm³/mol. The van der Waals surface area contributed by atoms with Crippen molar-refractivity contribution in [1.82, 2.24) is 20.0 Å². The first-order valence-corrected chi connectivity index (χ1v) is 10.7. The van der Waals surface area contributed by atoms with E-state index in [1.54, 1.807) is 16.9 Å². The summed E-state index contributed by atoms with van der Waals surface area (Å²) >= 11 is 13.4. The molecule has 0 saturated heterocycles. The Labute approximate surface area is 187 Å². The molecule has 9 heteroatoms. The lowest BCUT2D eigenvalue weighted by atomic mass is 10.1. The molecule has 0 saturated carbocycles. The predicted octanol–water partition coefficient (Wildman–Crippen LogP) is 5.49. The van der Waals surface area contributed by atoms with Crippen molar-refractivity contribution in [2.75, 3.05) is 5.32 Å². The van der Waals surface area contributed by atoms with Gasteiger partial charge in [-0.2, -0.15) is 0 Å². The van der Waals surface area contributed by atoms with Crippen LogP contribution in [0.1, 0.15) is 32.2 Å². The summed E-state index contributed by atoms with van der Waals surface area (Å²) in [4.78, 5) is 18.0. The van der Waals surface area contributed by atoms with Gasteiger partial charge >= 0.3 is 0 Å². The number of halogens is 2. The monoisotopic (exact) mass is 457 g/mol. The molecule has 2 heterocycles. The van der Waals surface area contributed by atoms with Crippen LogP contribution in [0.15, 0.2) is 48.7 Å². The Morgan fingerprint density at radius 3 is 2.60 bits per heavy atom. The van der Waals surface area contributed by atoms with Crippen molar-refractivity contribution in [3.63, 3.8) is 0 Å². The normalized spacial score (nSPS) is 10.9. The van der Waals surface area contributed by atoms with E-state index in [0.717, 1.165) is 21.7 Å². The van der Waals surface area contributed by atoms with Crippen LogP contribution in [0.3, 0.4) is 0 Å². The minimum atomic E-state index is -0.346. The Hall–Kier alpha value is -2.74. The van der Waals surface area contributed by atoms with Gasteiger partial charge in [0, 0.05) is 17.5 Å². The van der Waals surface area contributed by atoms with Crippen molar-refractivity contribution in [3.05, 3.63) is 86.1 Å². The molecule has 1 N–H and O–H groups in total. The van der Waals surface area contributed by atoms with Crippen molar-refractivity contribution >= 4 is 45.6 Å². The Morgan fingerprint density at radius 2 is 1.87 bits per heavy atom. The summed E-state index contributed by atoms with van der Waals surface area (Å²) in [7, 11) is 0. The largest absolute Gasteiger partial charge is 0.296 e. The molecule has 152 valence electrons. The molecule has 0 aliphatic rings. The van der Waals surface area contributed by atoms with Crippen molar-refractivity contribution < 1.29 is 4.79 Å². The highest BCUT2D eigenvalue weighted by molar-refractivity contribution is 7.15. The number of rotatable bonds is 5. The fraction of sp³-hybridized carbons (Fsp3) is 0.143. The van der Waals surface area contributed by atoms with Crippen molar-refractivity contribution in [2.24, 2.45) is 0 Å². The molecule has 0 aliphatic carbocycles. The molecule has 0 fully saturated rings. The van der Waals surface area contributed by atoms with Crippen molar-refractivity contribution in [1.29, 1.82) is 0 Å². The number of anilines is 1. The smallest absolute Gasteiger partial charge is 0.279 e. The lowest BCUT2D eigenvalue weighted by molar-refractivity contribution is 0.102. The van der Waals surface area contributed by atoms with Gasteiger partial charge in [0.25, 0.3) is 5.91 Å². The van der Waals surface area contributed by atoms with E-state index in [0.29, 0.717) is 27.3 Å². The Kier molecular flexibility index (Phi) is 5.85. The Morgan fingerprint density at radius 1 is 1.10 bits per heavy atom. The molecule has 0 unspecified atom stereocenters. The van der Waals surface area contributed by atoms with Crippen LogP contribution in [0, 0.1) is 13.8 Å². The molecular formula is C21H17Cl2N5OS. The van der Waals surface area contributed by atoms with E-state index in [1.807, 2.05) is 50.2 Å². The molecule has 0 atom stereocenters. The summed E-state index contributed by atoms with van der Waals surface area (Å²) < 4.78 is 1.64. The third-order valence-corrected chi connectivity index (χ3v) is 6.18. The summed E-state index contributed by atoms with van der Waals surface area (Å²) in [6, 6.07) is 13.4. The molecule has 4 aromatic rings. The number of thiazole rings is 1. The van der Waals surface area contributed by atoms with Crippen LogP contribution in [-0.4, -0.2) is 25.9 Å².